The van der Waals surface area contributed by atoms with Crippen molar-refractivity contribution in [3.05, 3.63) is 46.2 Å². The predicted molar refractivity (Wildman–Crippen MR) is 85.0 cm³/mol. The predicted octanol–water partition coefficient (Wildman–Crippen LogP) is 3.91. The zero-order valence-electron chi connectivity index (χ0n) is 12.6. The molecule has 0 saturated heterocycles. The van der Waals surface area contributed by atoms with E-state index < -0.39 is 0 Å². The van der Waals surface area contributed by atoms with E-state index in [9.17, 15) is 4.39 Å². The van der Waals surface area contributed by atoms with Crippen molar-refractivity contribution >= 4 is 11.5 Å². The van der Waals surface area contributed by atoms with Crippen molar-refractivity contribution in [3.8, 4) is 0 Å². The van der Waals surface area contributed by atoms with E-state index in [-0.39, 0.29) is 11.9 Å². The third-order valence-electron chi connectivity index (χ3n) is 3.38. The third-order valence-corrected chi connectivity index (χ3v) is 4.26. The van der Waals surface area contributed by atoms with Crippen LogP contribution in [0.3, 0.4) is 0 Å². The molecular weight excluding hydrogens is 285 g/mol. The van der Waals surface area contributed by atoms with Crippen molar-refractivity contribution in [2.75, 3.05) is 6.54 Å². The van der Waals surface area contributed by atoms with Gasteiger partial charge in [0.2, 0.25) is 0 Å². The van der Waals surface area contributed by atoms with Gasteiger partial charge in [-0.3, -0.25) is 0 Å². The van der Waals surface area contributed by atoms with Crippen LogP contribution in [0.2, 0.25) is 0 Å². The van der Waals surface area contributed by atoms with Gasteiger partial charge in [0.25, 0.3) is 0 Å². The largest absolute Gasteiger partial charge is 0.309 e. The Hall–Kier alpha value is -1.33. The SMILES string of the molecule is CCCNC(Cc1ccc(F)cc1)c1snnc1CCC. The van der Waals surface area contributed by atoms with Gasteiger partial charge in [-0.1, -0.05) is 36.9 Å². The van der Waals surface area contributed by atoms with Crippen LogP contribution in [0.1, 0.15) is 48.9 Å². The summed E-state index contributed by atoms with van der Waals surface area (Å²) in [6.07, 6.45) is 3.94. The third kappa shape index (κ3) is 4.58. The number of hydrogen-bond acceptors (Lipinski definition) is 4. The molecule has 2 aromatic rings. The highest BCUT2D eigenvalue weighted by Crippen LogP contribution is 2.25. The minimum atomic E-state index is -0.192. The van der Waals surface area contributed by atoms with Crippen molar-refractivity contribution in [1.29, 1.82) is 0 Å². The number of benzene rings is 1. The molecule has 5 heteroatoms. The number of aromatic nitrogens is 2. The molecule has 0 bridgehead atoms. The smallest absolute Gasteiger partial charge is 0.123 e. The van der Waals surface area contributed by atoms with E-state index in [4.69, 9.17) is 0 Å². The summed E-state index contributed by atoms with van der Waals surface area (Å²) in [5.41, 5.74) is 2.22. The fourth-order valence-corrected chi connectivity index (χ4v) is 3.09. The number of hydrogen-bond donors (Lipinski definition) is 1. The van der Waals surface area contributed by atoms with Crippen LogP contribution in [0.25, 0.3) is 0 Å². The molecule has 0 aliphatic rings. The maximum Gasteiger partial charge on any atom is 0.123 e. The van der Waals surface area contributed by atoms with E-state index in [0.29, 0.717) is 0 Å². The first-order valence-corrected chi connectivity index (χ1v) is 8.30. The minimum Gasteiger partial charge on any atom is -0.309 e. The first kappa shape index (κ1) is 16.0. The Balaban J connectivity index is 2.16. The second-order valence-electron chi connectivity index (χ2n) is 5.17. The van der Waals surface area contributed by atoms with E-state index in [2.05, 4.69) is 28.8 Å². The van der Waals surface area contributed by atoms with Gasteiger partial charge in [0.15, 0.2) is 0 Å². The Kier molecular flexibility index (Phi) is 6.26. The Morgan fingerprint density at radius 2 is 1.95 bits per heavy atom. The van der Waals surface area contributed by atoms with Crippen LogP contribution < -0.4 is 5.32 Å². The van der Waals surface area contributed by atoms with Crippen molar-refractivity contribution in [2.24, 2.45) is 0 Å². The Morgan fingerprint density at radius 1 is 1.19 bits per heavy atom. The summed E-state index contributed by atoms with van der Waals surface area (Å²) in [4.78, 5) is 1.22. The van der Waals surface area contributed by atoms with Gasteiger partial charge in [-0.15, -0.1) is 5.10 Å². The normalized spacial score (nSPS) is 12.5. The number of aryl methyl sites for hydroxylation is 1. The summed E-state index contributed by atoms with van der Waals surface area (Å²) < 4.78 is 17.1. The molecule has 3 nitrogen and oxygen atoms in total. The van der Waals surface area contributed by atoms with Gasteiger partial charge < -0.3 is 5.32 Å². The molecule has 2 rings (SSSR count). The summed E-state index contributed by atoms with van der Waals surface area (Å²) in [6.45, 7) is 5.26. The molecular formula is C16H22FN3S. The van der Waals surface area contributed by atoms with Gasteiger partial charge in [0, 0.05) is 6.04 Å². The maximum absolute atomic E-state index is 13.0. The zero-order chi connectivity index (χ0) is 15.1. The molecule has 0 aliphatic carbocycles. The molecule has 0 spiro atoms. The van der Waals surface area contributed by atoms with E-state index in [0.717, 1.165) is 43.5 Å². The molecule has 0 fully saturated rings. The summed E-state index contributed by atoms with van der Waals surface area (Å²) >= 11 is 1.47. The van der Waals surface area contributed by atoms with Crippen molar-refractivity contribution in [1.82, 2.24) is 14.9 Å². The van der Waals surface area contributed by atoms with E-state index in [1.165, 1.54) is 28.5 Å². The first-order valence-electron chi connectivity index (χ1n) is 7.53. The summed E-state index contributed by atoms with van der Waals surface area (Å²) in [7, 11) is 0. The molecule has 1 aromatic heterocycles. The first-order chi connectivity index (χ1) is 10.2. The topological polar surface area (TPSA) is 37.8 Å². The van der Waals surface area contributed by atoms with Gasteiger partial charge in [0.05, 0.1) is 10.6 Å². The van der Waals surface area contributed by atoms with Crippen LogP contribution in [0.5, 0.6) is 0 Å². The lowest BCUT2D eigenvalue weighted by atomic mass is 10.0. The van der Waals surface area contributed by atoms with Crippen LogP contribution in [-0.4, -0.2) is 16.1 Å². The highest BCUT2D eigenvalue weighted by Gasteiger charge is 2.19. The zero-order valence-corrected chi connectivity index (χ0v) is 13.4. The van der Waals surface area contributed by atoms with Gasteiger partial charge in [-0.05, 0) is 55.0 Å². The second-order valence-corrected chi connectivity index (χ2v) is 5.96. The lowest BCUT2D eigenvalue weighted by Crippen LogP contribution is -2.24. The molecule has 1 aromatic carbocycles. The lowest BCUT2D eigenvalue weighted by Gasteiger charge is -2.18. The second kappa shape index (κ2) is 8.20. The molecule has 0 amide bonds. The Labute approximate surface area is 129 Å². The molecule has 114 valence electrons. The van der Waals surface area contributed by atoms with Crippen LogP contribution in [-0.2, 0) is 12.8 Å². The van der Waals surface area contributed by atoms with E-state index in [1.807, 2.05) is 12.1 Å². The van der Waals surface area contributed by atoms with Gasteiger partial charge >= 0.3 is 0 Å². The molecule has 1 N–H and O–H groups in total. The number of halogens is 1. The average Bonchev–Trinajstić information content (AvgIpc) is 2.94. The molecule has 1 atom stereocenters. The molecule has 21 heavy (non-hydrogen) atoms. The fourth-order valence-electron chi connectivity index (χ4n) is 2.32. The Bertz CT molecular complexity index is 539. The van der Waals surface area contributed by atoms with Crippen LogP contribution in [0, 0.1) is 5.82 Å². The maximum atomic E-state index is 13.0. The average molecular weight is 307 g/mol. The van der Waals surface area contributed by atoms with E-state index >= 15 is 0 Å². The number of nitrogens with one attached hydrogen (secondary N) is 1. The van der Waals surface area contributed by atoms with Crippen LogP contribution in [0.4, 0.5) is 4.39 Å². The highest BCUT2D eigenvalue weighted by atomic mass is 32.1. The number of nitrogens with zero attached hydrogens (tertiary/aromatic N) is 2. The van der Waals surface area contributed by atoms with Crippen LogP contribution >= 0.6 is 11.5 Å². The standard InChI is InChI=1S/C16H22FN3S/c1-3-5-14-16(21-20-19-14)15(18-10-4-2)11-12-6-8-13(17)9-7-12/h6-9,15,18H,3-5,10-11H2,1-2H3. The lowest BCUT2D eigenvalue weighted by molar-refractivity contribution is 0.530. The van der Waals surface area contributed by atoms with Crippen LogP contribution in [0.15, 0.2) is 24.3 Å². The highest BCUT2D eigenvalue weighted by molar-refractivity contribution is 7.05. The molecule has 1 heterocycles. The minimum absolute atomic E-state index is 0.192. The van der Waals surface area contributed by atoms with Gasteiger partial charge in [-0.2, -0.15) is 0 Å². The monoisotopic (exact) mass is 307 g/mol. The Morgan fingerprint density at radius 3 is 2.62 bits per heavy atom. The number of rotatable bonds is 8. The summed E-state index contributed by atoms with van der Waals surface area (Å²) in [5.74, 6) is -0.192. The quantitative estimate of drug-likeness (QED) is 0.803. The molecule has 0 aliphatic heterocycles. The van der Waals surface area contributed by atoms with Crippen molar-refractivity contribution < 1.29 is 4.39 Å². The summed E-state index contributed by atoms with van der Waals surface area (Å²) in [6, 6.07) is 6.94. The van der Waals surface area contributed by atoms with Crippen molar-refractivity contribution in [3.63, 3.8) is 0 Å². The molecule has 0 saturated carbocycles. The molecule has 1 unspecified atom stereocenters. The van der Waals surface area contributed by atoms with Gasteiger partial charge in [-0.25, -0.2) is 4.39 Å². The molecule has 0 radical (unpaired) electrons. The van der Waals surface area contributed by atoms with E-state index in [1.54, 1.807) is 0 Å². The fraction of sp³-hybridized carbons (Fsp3) is 0.500. The van der Waals surface area contributed by atoms with Gasteiger partial charge in [0.1, 0.15) is 5.82 Å². The van der Waals surface area contributed by atoms with Crippen molar-refractivity contribution in [2.45, 2.75) is 45.6 Å². The summed E-state index contributed by atoms with van der Waals surface area (Å²) in [5, 5.41) is 7.83.